The maximum atomic E-state index is 13.6. The zero-order valence-corrected chi connectivity index (χ0v) is 22.8. The van der Waals surface area contributed by atoms with E-state index in [1.165, 1.54) is 4.68 Å². The number of alkyl halides is 3. The van der Waals surface area contributed by atoms with Gasteiger partial charge in [0.15, 0.2) is 21.5 Å². The molecule has 1 spiro atoms. The summed E-state index contributed by atoms with van der Waals surface area (Å²) in [7, 11) is -3.66. The first-order chi connectivity index (χ1) is 19.2. The summed E-state index contributed by atoms with van der Waals surface area (Å²) in [4.78, 5) is 26.1. The van der Waals surface area contributed by atoms with E-state index in [-0.39, 0.29) is 43.3 Å². The van der Waals surface area contributed by atoms with Gasteiger partial charge in [-0.3, -0.25) is 9.59 Å². The number of aromatic nitrogens is 3. The zero-order chi connectivity index (χ0) is 29.6. The fourth-order valence-corrected chi connectivity index (χ4v) is 5.48. The van der Waals surface area contributed by atoms with Gasteiger partial charge in [-0.2, -0.15) is 23.0 Å². The van der Waals surface area contributed by atoms with Crippen molar-refractivity contribution in [3.63, 3.8) is 0 Å². The number of ether oxygens (including phenoxy) is 2. The van der Waals surface area contributed by atoms with Crippen molar-refractivity contribution in [1.29, 1.82) is 0 Å². The second kappa shape index (κ2) is 10.4. The molecule has 3 aromatic rings. The predicted octanol–water partition coefficient (Wildman–Crippen LogP) is 2.84. The minimum Gasteiger partial charge on any atom is -0.493 e. The molecule has 12 nitrogen and oxygen atoms in total. The maximum Gasteiger partial charge on any atom is 0.389 e. The maximum absolute atomic E-state index is 13.6. The van der Waals surface area contributed by atoms with Crippen molar-refractivity contribution in [1.82, 2.24) is 20.3 Å². The molecule has 4 heterocycles. The van der Waals surface area contributed by atoms with E-state index in [4.69, 9.17) is 14.0 Å². The molecule has 0 fully saturated rings. The topological polar surface area (TPSA) is 155 Å². The Morgan fingerprint density at radius 1 is 1.29 bits per heavy atom. The van der Waals surface area contributed by atoms with Crippen LogP contribution >= 0.6 is 0 Å². The molecular formula is C25H26F3N5O7S. The number of benzene rings is 1. The smallest absolute Gasteiger partial charge is 0.389 e. The molecule has 1 atom stereocenters. The fourth-order valence-electron chi connectivity index (χ4n) is 4.93. The van der Waals surface area contributed by atoms with Gasteiger partial charge >= 0.3 is 6.18 Å². The largest absolute Gasteiger partial charge is 0.493 e. The van der Waals surface area contributed by atoms with E-state index in [0.717, 1.165) is 6.26 Å². The molecule has 0 radical (unpaired) electrons. The summed E-state index contributed by atoms with van der Waals surface area (Å²) >= 11 is 0. The summed E-state index contributed by atoms with van der Waals surface area (Å²) in [6, 6.07) is 6.39. The van der Waals surface area contributed by atoms with E-state index in [9.17, 15) is 31.2 Å². The third kappa shape index (κ3) is 6.16. The van der Waals surface area contributed by atoms with Crippen LogP contribution in [0.2, 0.25) is 0 Å². The Labute approximate surface area is 232 Å². The SMILES string of the molecule is Cc1cc(-n2nc3c(c2NC(=O)CS(C)(=O)=O)C(=O)N[C@@]2(CCOc4cc(OCCCC(F)(F)F)ccc42)C3)no1. The van der Waals surface area contributed by atoms with Crippen molar-refractivity contribution in [2.75, 3.05) is 30.5 Å². The van der Waals surface area contributed by atoms with E-state index in [1.54, 1.807) is 31.2 Å². The lowest BCUT2D eigenvalue weighted by atomic mass is 9.77. The monoisotopic (exact) mass is 597 g/mol. The summed E-state index contributed by atoms with van der Waals surface area (Å²) in [5, 5.41) is 14.0. The molecule has 0 bridgehead atoms. The van der Waals surface area contributed by atoms with Gasteiger partial charge in [0.2, 0.25) is 5.91 Å². The first-order valence-electron chi connectivity index (χ1n) is 12.6. The molecule has 16 heteroatoms. The first kappa shape index (κ1) is 28.4. The minimum atomic E-state index is -4.26. The fraction of sp³-hybridized carbons (Fsp3) is 0.440. The Kier molecular flexibility index (Phi) is 7.21. The highest BCUT2D eigenvalue weighted by atomic mass is 32.2. The number of sulfone groups is 1. The van der Waals surface area contributed by atoms with E-state index in [1.807, 2.05) is 0 Å². The summed E-state index contributed by atoms with van der Waals surface area (Å²) < 4.78 is 78.3. The van der Waals surface area contributed by atoms with E-state index < -0.39 is 45.5 Å². The number of fused-ring (bicyclic) bond motifs is 3. The van der Waals surface area contributed by atoms with Crippen molar-refractivity contribution in [2.45, 2.75) is 44.3 Å². The van der Waals surface area contributed by atoms with Gasteiger partial charge in [0.05, 0.1) is 24.4 Å². The third-order valence-corrected chi connectivity index (χ3v) is 7.41. The molecule has 41 heavy (non-hydrogen) atoms. The molecule has 0 unspecified atom stereocenters. The van der Waals surface area contributed by atoms with Gasteiger partial charge in [-0.1, -0.05) is 5.16 Å². The number of anilines is 1. The van der Waals surface area contributed by atoms with Crippen LogP contribution in [0.3, 0.4) is 0 Å². The van der Waals surface area contributed by atoms with Gasteiger partial charge in [0.25, 0.3) is 5.91 Å². The highest BCUT2D eigenvalue weighted by Crippen LogP contribution is 2.44. The molecule has 0 saturated heterocycles. The molecule has 0 saturated carbocycles. The molecule has 220 valence electrons. The van der Waals surface area contributed by atoms with E-state index in [2.05, 4.69) is 20.9 Å². The number of nitrogens with zero attached hydrogens (tertiary/aromatic N) is 3. The van der Waals surface area contributed by atoms with Crippen LogP contribution in [0.5, 0.6) is 11.5 Å². The third-order valence-electron chi connectivity index (χ3n) is 6.62. The van der Waals surface area contributed by atoms with Gasteiger partial charge < -0.3 is 24.6 Å². The average Bonchev–Trinajstić information content (AvgIpc) is 3.43. The van der Waals surface area contributed by atoms with Gasteiger partial charge in [-0.25, -0.2) is 8.42 Å². The van der Waals surface area contributed by atoms with Crippen molar-refractivity contribution in [3.8, 4) is 17.3 Å². The lowest BCUT2D eigenvalue weighted by Crippen LogP contribution is -2.53. The molecule has 2 aliphatic rings. The molecule has 2 aromatic heterocycles. The predicted molar refractivity (Wildman–Crippen MR) is 137 cm³/mol. The van der Waals surface area contributed by atoms with Crippen molar-refractivity contribution in [2.24, 2.45) is 0 Å². The highest BCUT2D eigenvalue weighted by Gasteiger charge is 2.46. The second-order valence-electron chi connectivity index (χ2n) is 10.0. The molecule has 5 rings (SSSR count). The van der Waals surface area contributed by atoms with Crippen LogP contribution in [0.1, 0.15) is 46.6 Å². The number of nitrogens with one attached hydrogen (secondary N) is 2. The van der Waals surface area contributed by atoms with Gasteiger partial charge in [-0.15, -0.1) is 0 Å². The first-order valence-corrected chi connectivity index (χ1v) is 14.6. The molecule has 2 amide bonds. The Bertz CT molecular complexity index is 1620. The molecule has 1 aromatic carbocycles. The Morgan fingerprint density at radius 2 is 2.07 bits per heavy atom. The van der Waals surface area contributed by atoms with Gasteiger partial charge in [-0.05, 0) is 25.5 Å². The summed E-state index contributed by atoms with van der Waals surface area (Å²) in [5.41, 5.74) is 0.0551. The molecule has 2 aliphatic heterocycles. The highest BCUT2D eigenvalue weighted by molar-refractivity contribution is 7.91. The number of hydrogen-bond acceptors (Lipinski definition) is 9. The quantitative estimate of drug-likeness (QED) is 0.373. The Hall–Kier alpha value is -4.08. The number of rotatable bonds is 8. The molecule has 2 N–H and O–H groups in total. The zero-order valence-electron chi connectivity index (χ0n) is 22.0. The lowest BCUT2D eigenvalue weighted by Gasteiger charge is -2.41. The minimum absolute atomic E-state index is 0.0517. The van der Waals surface area contributed by atoms with Crippen LogP contribution in [0.15, 0.2) is 28.8 Å². The summed E-state index contributed by atoms with van der Waals surface area (Å²) in [6.45, 7) is 1.74. The Morgan fingerprint density at radius 3 is 2.76 bits per heavy atom. The number of carbonyl (C=O) groups excluding carboxylic acids is 2. The standard InChI is InChI=1S/C25H26F3N5O7S/c1-14-10-19(32-40-14)33-22(29-20(34)13-41(2,36)37)21-17(31-33)12-24(30-23(21)35)7-9-39-18-11-15(4-5-16(18)24)38-8-3-6-25(26,27)28/h4-5,10-11H,3,6-9,12-13H2,1-2H3,(H,29,34)(H,30,35)/t24-/m0/s1. The van der Waals surface area contributed by atoms with Crippen LogP contribution in [0.4, 0.5) is 19.0 Å². The van der Waals surface area contributed by atoms with Gasteiger partial charge in [0, 0.05) is 43.2 Å². The van der Waals surface area contributed by atoms with Gasteiger partial charge in [0.1, 0.15) is 28.6 Å². The number of amides is 2. The molecular weight excluding hydrogens is 571 g/mol. The lowest BCUT2D eigenvalue weighted by molar-refractivity contribution is -0.136. The van der Waals surface area contributed by atoms with Crippen LogP contribution in [0, 0.1) is 6.92 Å². The Balaban J connectivity index is 1.46. The van der Waals surface area contributed by atoms with Crippen molar-refractivity contribution in [3.05, 3.63) is 46.8 Å². The summed E-state index contributed by atoms with van der Waals surface area (Å²) in [5.74, 6) is -0.929. The number of halogens is 3. The number of hydrogen-bond donors (Lipinski definition) is 2. The average molecular weight is 598 g/mol. The van der Waals surface area contributed by atoms with Crippen molar-refractivity contribution >= 4 is 27.5 Å². The van der Waals surface area contributed by atoms with E-state index in [0.29, 0.717) is 34.9 Å². The van der Waals surface area contributed by atoms with Crippen molar-refractivity contribution < 1.29 is 45.2 Å². The number of aryl methyl sites for hydroxylation is 1. The van der Waals surface area contributed by atoms with E-state index >= 15 is 0 Å². The van der Waals surface area contributed by atoms with Crippen LogP contribution in [-0.4, -0.2) is 66.6 Å². The van der Waals surface area contributed by atoms with Crippen LogP contribution in [0.25, 0.3) is 5.82 Å². The normalized spacial score (nSPS) is 18.3. The molecule has 0 aliphatic carbocycles. The summed E-state index contributed by atoms with van der Waals surface area (Å²) in [6.07, 6.45) is -3.93. The van der Waals surface area contributed by atoms with Crippen LogP contribution < -0.4 is 20.1 Å². The van der Waals surface area contributed by atoms with Crippen LogP contribution in [-0.2, 0) is 26.6 Å². The number of carbonyl (C=O) groups is 2. The second-order valence-corrected chi connectivity index (χ2v) is 12.2.